The number of halogens is 4. The Morgan fingerprint density at radius 2 is 2.21 bits per heavy atom. The van der Waals surface area contributed by atoms with Crippen LogP contribution in [0.1, 0.15) is 17.1 Å². The van der Waals surface area contributed by atoms with Crippen molar-refractivity contribution in [1.29, 1.82) is 0 Å². The van der Waals surface area contributed by atoms with E-state index in [9.17, 15) is 18.0 Å². The minimum atomic E-state index is -4.25. The van der Waals surface area contributed by atoms with Gasteiger partial charge in [0.15, 0.2) is 5.15 Å². The second kappa shape index (κ2) is 8.10. The first kappa shape index (κ1) is 18.9. The Morgan fingerprint density at radius 3 is 2.88 bits per heavy atom. The first-order chi connectivity index (χ1) is 11.3. The minimum Gasteiger partial charge on any atom is -0.377 e. The van der Waals surface area contributed by atoms with Crippen LogP contribution < -0.4 is 10.6 Å². The summed E-state index contributed by atoms with van der Waals surface area (Å²) in [4.78, 5) is 16.4. The van der Waals surface area contributed by atoms with E-state index >= 15 is 0 Å². The molecule has 0 saturated carbocycles. The van der Waals surface area contributed by atoms with Crippen molar-refractivity contribution >= 4 is 33.8 Å². The smallest absolute Gasteiger partial charge is 0.377 e. The molecule has 7 nitrogen and oxygen atoms in total. The van der Waals surface area contributed by atoms with Crippen LogP contribution in [0.4, 0.5) is 13.2 Å². The molecule has 0 aliphatic carbocycles. The number of hydrogen-bond donors (Lipinski definition) is 2. The van der Waals surface area contributed by atoms with Crippen LogP contribution in [0.2, 0.25) is 5.15 Å². The van der Waals surface area contributed by atoms with Crippen molar-refractivity contribution in [2.75, 3.05) is 20.2 Å². The van der Waals surface area contributed by atoms with E-state index in [1.165, 1.54) is 15.9 Å². The Kier molecular flexibility index (Phi) is 6.38. The lowest BCUT2D eigenvalue weighted by molar-refractivity contribution is -0.134. The molecule has 2 aromatic rings. The topological polar surface area (TPSA) is 80.5 Å². The van der Waals surface area contributed by atoms with Crippen molar-refractivity contribution in [3.63, 3.8) is 0 Å². The fraction of sp³-hybridized carbons (Fsp3) is 0.583. The van der Waals surface area contributed by atoms with Gasteiger partial charge in [-0.1, -0.05) is 22.9 Å². The quantitative estimate of drug-likeness (QED) is 0.677. The summed E-state index contributed by atoms with van der Waals surface area (Å²) in [5, 5.41) is 10.2. The molecular weight excluding hydrogens is 371 g/mol. The van der Waals surface area contributed by atoms with E-state index in [1.54, 1.807) is 7.11 Å². The van der Waals surface area contributed by atoms with E-state index in [0.29, 0.717) is 22.3 Å². The molecule has 0 saturated heterocycles. The summed E-state index contributed by atoms with van der Waals surface area (Å²) in [6, 6.07) is 0. The lowest BCUT2D eigenvalue weighted by atomic mass is 10.4. The normalized spacial score (nSPS) is 12.0. The monoisotopic (exact) mass is 385 g/mol. The number of carbonyl (C=O) groups excluding carboxylic acids is 1. The Hall–Kier alpha value is -1.43. The largest absolute Gasteiger partial charge is 0.390 e. The highest BCUT2D eigenvalue weighted by atomic mass is 35.5. The van der Waals surface area contributed by atoms with Gasteiger partial charge in [0.05, 0.1) is 26.1 Å². The van der Waals surface area contributed by atoms with Crippen molar-refractivity contribution in [3.8, 4) is 0 Å². The summed E-state index contributed by atoms with van der Waals surface area (Å²) in [5.41, 5.74) is 0.494. The maximum atomic E-state index is 12.0. The summed E-state index contributed by atoms with van der Waals surface area (Å²) < 4.78 is 42.5. The van der Waals surface area contributed by atoms with Gasteiger partial charge in [0, 0.05) is 13.7 Å². The van der Waals surface area contributed by atoms with Crippen LogP contribution in [0, 0.1) is 0 Å². The number of fused-ring (bicyclic) bond motifs is 1. The zero-order chi connectivity index (χ0) is 17.7. The molecular formula is C12H15ClF3N5O2S. The summed E-state index contributed by atoms with van der Waals surface area (Å²) in [7, 11) is 1.55. The maximum absolute atomic E-state index is 12.0. The van der Waals surface area contributed by atoms with Crippen LogP contribution in [0.15, 0.2) is 0 Å². The van der Waals surface area contributed by atoms with Gasteiger partial charge in [0.1, 0.15) is 10.7 Å². The van der Waals surface area contributed by atoms with Gasteiger partial charge in [0.25, 0.3) is 0 Å². The molecule has 0 radical (unpaired) electrons. The van der Waals surface area contributed by atoms with Gasteiger partial charge in [0.2, 0.25) is 10.9 Å². The number of alkyl halides is 3. The van der Waals surface area contributed by atoms with Crippen molar-refractivity contribution in [2.24, 2.45) is 0 Å². The number of ether oxygens (including phenoxy) is 1. The van der Waals surface area contributed by atoms with E-state index in [1.807, 2.05) is 0 Å². The van der Waals surface area contributed by atoms with Crippen LogP contribution in [0.5, 0.6) is 0 Å². The van der Waals surface area contributed by atoms with E-state index < -0.39 is 18.5 Å². The van der Waals surface area contributed by atoms with Gasteiger partial charge < -0.3 is 15.4 Å². The summed E-state index contributed by atoms with van der Waals surface area (Å²) >= 11 is 7.32. The third-order valence-electron chi connectivity index (χ3n) is 2.88. The van der Waals surface area contributed by atoms with Gasteiger partial charge in [-0.3, -0.25) is 4.79 Å². The summed E-state index contributed by atoms with van der Waals surface area (Å²) in [6.45, 7) is -0.140. The number of hydrogen-bond acceptors (Lipinski definition) is 6. The molecule has 134 valence electrons. The molecule has 0 aliphatic rings. The second-order valence-corrected chi connectivity index (χ2v) is 6.19. The first-order valence-corrected chi connectivity index (χ1v) is 8.05. The van der Waals surface area contributed by atoms with Crippen LogP contribution in [0.25, 0.3) is 4.96 Å². The molecule has 0 aromatic carbocycles. The minimum absolute atomic E-state index is 0.0654. The van der Waals surface area contributed by atoms with Gasteiger partial charge >= 0.3 is 6.18 Å². The van der Waals surface area contributed by atoms with Gasteiger partial charge in [-0.05, 0) is 0 Å². The molecule has 1 amide bonds. The number of amides is 1. The molecule has 0 aliphatic heterocycles. The number of carbonyl (C=O) groups is 1. The summed E-state index contributed by atoms with van der Waals surface area (Å²) in [6.07, 6.45) is -5.23. The number of imidazole rings is 1. The predicted molar refractivity (Wildman–Crippen MR) is 82.0 cm³/mol. The molecule has 0 spiro atoms. The van der Waals surface area contributed by atoms with Gasteiger partial charge in [-0.2, -0.15) is 18.3 Å². The average Bonchev–Trinajstić information content (AvgIpc) is 2.97. The Bertz CT molecular complexity index is 703. The highest BCUT2D eigenvalue weighted by Crippen LogP contribution is 2.22. The Labute approximate surface area is 144 Å². The SMILES string of the molecule is COCc1nn2c(CNC(=O)CNCCC(F)(F)F)c(Cl)nc2s1. The lowest BCUT2D eigenvalue weighted by Gasteiger charge is -2.08. The van der Waals surface area contributed by atoms with Crippen molar-refractivity contribution in [3.05, 3.63) is 15.9 Å². The predicted octanol–water partition coefficient (Wildman–Crippen LogP) is 1.75. The number of nitrogens with one attached hydrogen (secondary N) is 2. The van der Waals surface area contributed by atoms with Crippen molar-refractivity contribution in [2.45, 2.75) is 25.7 Å². The molecule has 2 heterocycles. The number of rotatable bonds is 8. The first-order valence-electron chi connectivity index (χ1n) is 6.86. The standard InChI is InChI=1S/C12H15ClF3N5O2S/c1-23-6-9-20-21-7(10(13)19-11(21)24-9)4-18-8(22)5-17-3-2-12(14,15)16/h17H,2-6H2,1H3,(H,18,22). The van der Waals surface area contributed by atoms with Gasteiger partial charge in [-0.15, -0.1) is 0 Å². The molecule has 0 unspecified atom stereocenters. The lowest BCUT2D eigenvalue weighted by Crippen LogP contribution is -2.35. The van der Waals surface area contributed by atoms with Crippen molar-refractivity contribution in [1.82, 2.24) is 25.2 Å². The van der Waals surface area contributed by atoms with Crippen LogP contribution in [-0.4, -0.2) is 46.9 Å². The third-order valence-corrected chi connectivity index (χ3v) is 4.07. The zero-order valence-electron chi connectivity index (χ0n) is 12.6. The second-order valence-electron chi connectivity index (χ2n) is 4.79. The Balaban J connectivity index is 1.86. The highest BCUT2D eigenvalue weighted by Gasteiger charge is 2.26. The molecule has 0 atom stereocenters. The molecule has 12 heteroatoms. The van der Waals surface area contributed by atoms with Crippen LogP contribution in [0.3, 0.4) is 0 Å². The fourth-order valence-corrected chi connectivity index (χ4v) is 2.97. The van der Waals surface area contributed by atoms with E-state index in [0.717, 1.165) is 0 Å². The molecule has 0 fully saturated rings. The van der Waals surface area contributed by atoms with E-state index in [-0.39, 0.29) is 24.8 Å². The molecule has 0 bridgehead atoms. The third kappa shape index (κ3) is 5.30. The summed E-state index contributed by atoms with van der Waals surface area (Å²) in [5.74, 6) is -0.449. The Morgan fingerprint density at radius 1 is 1.46 bits per heavy atom. The van der Waals surface area contributed by atoms with Gasteiger partial charge in [-0.25, -0.2) is 9.50 Å². The van der Waals surface area contributed by atoms with Crippen molar-refractivity contribution < 1.29 is 22.7 Å². The molecule has 2 aromatic heterocycles. The number of nitrogens with zero attached hydrogens (tertiary/aromatic N) is 3. The average molecular weight is 386 g/mol. The molecule has 2 rings (SSSR count). The molecule has 24 heavy (non-hydrogen) atoms. The van der Waals surface area contributed by atoms with E-state index in [2.05, 4.69) is 20.7 Å². The number of methoxy groups -OCH3 is 1. The fourth-order valence-electron chi connectivity index (χ4n) is 1.81. The van der Waals surface area contributed by atoms with E-state index in [4.69, 9.17) is 16.3 Å². The van der Waals surface area contributed by atoms with Crippen LogP contribution in [-0.2, 0) is 22.7 Å². The maximum Gasteiger partial charge on any atom is 0.390 e. The highest BCUT2D eigenvalue weighted by molar-refractivity contribution is 7.16. The zero-order valence-corrected chi connectivity index (χ0v) is 14.2. The van der Waals surface area contributed by atoms with Crippen LogP contribution >= 0.6 is 22.9 Å². The number of aromatic nitrogens is 3. The molecule has 2 N–H and O–H groups in total.